The molecule has 8 nitrogen and oxygen atoms in total. The lowest BCUT2D eigenvalue weighted by Gasteiger charge is -2.36. The SMILES string of the molecule is CC1CN(c2ncccc2CNc2nnnn2-c2cccc(Cl)c2Cl)CC(C)O1. The molecule has 2 atom stereocenters. The molecular formula is C19H21Cl2N7O. The highest BCUT2D eigenvalue weighted by Gasteiger charge is 2.25. The van der Waals surface area contributed by atoms with Crippen LogP contribution in [-0.4, -0.2) is 50.5 Å². The first-order valence-electron chi connectivity index (χ1n) is 9.34. The van der Waals surface area contributed by atoms with E-state index in [-0.39, 0.29) is 12.2 Å². The maximum atomic E-state index is 6.32. The molecule has 0 spiro atoms. The van der Waals surface area contributed by atoms with Crippen LogP contribution in [0, 0.1) is 0 Å². The second kappa shape index (κ2) is 8.52. The third kappa shape index (κ3) is 4.29. The number of hydrogen-bond donors (Lipinski definition) is 1. The second-order valence-corrected chi connectivity index (χ2v) is 7.77. The van der Waals surface area contributed by atoms with Crippen LogP contribution in [0.2, 0.25) is 10.0 Å². The number of benzene rings is 1. The molecular weight excluding hydrogens is 413 g/mol. The molecule has 1 fully saturated rings. The van der Waals surface area contributed by atoms with Crippen LogP contribution in [0.5, 0.6) is 0 Å². The molecule has 3 aromatic rings. The Morgan fingerprint density at radius 2 is 1.93 bits per heavy atom. The summed E-state index contributed by atoms with van der Waals surface area (Å²) in [7, 11) is 0. The normalized spacial score (nSPS) is 19.4. The Labute approximate surface area is 178 Å². The number of halogens is 2. The van der Waals surface area contributed by atoms with Gasteiger partial charge in [-0.2, -0.15) is 4.68 Å². The summed E-state index contributed by atoms with van der Waals surface area (Å²) in [4.78, 5) is 6.87. The topological polar surface area (TPSA) is 81.0 Å². The number of ether oxygens (including phenoxy) is 1. The average molecular weight is 434 g/mol. The van der Waals surface area contributed by atoms with E-state index in [2.05, 4.69) is 44.6 Å². The fourth-order valence-corrected chi connectivity index (χ4v) is 3.87. The average Bonchev–Trinajstić information content (AvgIpc) is 3.16. The summed E-state index contributed by atoms with van der Waals surface area (Å²) in [6, 6.07) is 9.29. The maximum absolute atomic E-state index is 6.32. The first-order valence-corrected chi connectivity index (χ1v) is 10.1. The highest BCUT2D eigenvalue weighted by Crippen LogP contribution is 2.29. The number of nitrogens with one attached hydrogen (secondary N) is 1. The Hall–Kier alpha value is -2.42. The lowest BCUT2D eigenvalue weighted by Crippen LogP contribution is -2.46. The van der Waals surface area contributed by atoms with Crippen LogP contribution in [0.15, 0.2) is 36.5 Å². The van der Waals surface area contributed by atoms with Gasteiger partial charge in [0.2, 0.25) is 5.95 Å². The minimum Gasteiger partial charge on any atom is -0.372 e. The number of hydrogen-bond acceptors (Lipinski definition) is 7. The number of pyridine rings is 1. The van der Waals surface area contributed by atoms with Crippen molar-refractivity contribution in [1.29, 1.82) is 0 Å². The number of rotatable bonds is 5. The third-order valence-electron chi connectivity index (χ3n) is 4.65. The van der Waals surface area contributed by atoms with E-state index in [9.17, 15) is 0 Å². The Morgan fingerprint density at radius 1 is 1.14 bits per heavy atom. The van der Waals surface area contributed by atoms with Crippen LogP contribution in [0.4, 0.5) is 11.8 Å². The monoisotopic (exact) mass is 433 g/mol. The molecule has 1 saturated heterocycles. The molecule has 0 aliphatic carbocycles. The molecule has 2 aromatic heterocycles. The lowest BCUT2D eigenvalue weighted by molar-refractivity contribution is -0.00550. The van der Waals surface area contributed by atoms with Crippen LogP contribution in [-0.2, 0) is 11.3 Å². The summed E-state index contributed by atoms with van der Waals surface area (Å²) < 4.78 is 7.37. The standard InChI is InChI=1S/C19H21Cl2N7O/c1-12-10-27(11-13(2)29-12)18-14(5-4-8-22-18)9-23-19-24-25-26-28(19)16-7-3-6-15(20)17(16)21/h3-8,12-13H,9-11H2,1-2H3,(H,23,24,26). The smallest absolute Gasteiger partial charge is 0.248 e. The number of anilines is 2. The van der Waals surface area contributed by atoms with Gasteiger partial charge in [0.05, 0.1) is 27.9 Å². The molecule has 0 saturated carbocycles. The first-order chi connectivity index (χ1) is 14.0. The second-order valence-electron chi connectivity index (χ2n) is 6.99. The van der Waals surface area contributed by atoms with Crippen molar-refractivity contribution in [1.82, 2.24) is 25.2 Å². The van der Waals surface area contributed by atoms with Gasteiger partial charge in [-0.15, -0.1) is 0 Å². The number of morpholine rings is 1. The van der Waals surface area contributed by atoms with Gasteiger partial charge in [0, 0.05) is 31.4 Å². The minimum absolute atomic E-state index is 0.152. The van der Waals surface area contributed by atoms with E-state index in [1.807, 2.05) is 18.2 Å². The summed E-state index contributed by atoms with van der Waals surface area (Å²) in [5, 5.41) is 16.0. The molecule has 1 aliphatic heterocycles. The third-order valence-corrected chi connectivity index (χ3v) is 5.46. The Balaban J connectivity index is 1.56. The molecule has 1 aromatic carbocycles. The Morgan fingerprint density at radius 3 is 2.72 bits per heavy atom. The molecule has 29 heavy (non-hydrogen) atoms. The van der Waals surface area contributed by atoms with Crippen molar-refractivity contribution in [3.8, 4) is 5.69 Å². The van der Waals surface area contributed by atoms with Crippen LogP contribution < -0.4 is 10.2 Å². The quantitative estimate of drug-likeness (QED) is 0.657. The van der Waals surface area contributed by atoms with Gasteiger partial charge in [-0.3, -0.25) is 0 Å². The predicted molar refractivity (Wildman–Crippen MR) is 113 cm³/mol. The highest BCUT2D eigenvalue weighted by molar-refractivity contribution is 6.43. The van der Waals surface area contributed by atoms with Crippen molar-refractivity contribution in [2.75, 3.05) is 23.3 Å². The van der Waals surface area contributed by atoms with E-state index in [1.54, 1.807) is 18.3 Å². The zero-order valence-electron chi connectivity index (χ0n) is 16.1. The van der Waals surface area contributed by atoms with Crippen molar-refractivity contribution in [2.45, 2.75) is 32.6 Å². The maximum Gasteiger partial charge on any atom is 0.248 e. The number of tetrazole rings is 1. The van der Waals surface area contributed by atoms with E-state index in [4.69, 9.17) is 27.9 Å². The Bertz CT molecular complexity index is 986. The van der Waals surface area contributed by atoms with Crippen LogP contribution >= 0.6 is 23.2 Å². The molecule has 10 heteroatoms. The van der Waals surface area contributed by atoms with E-state index >= 15 is 0 Å². The molecule has 152 valence electrons. The van der Waals surface area contributed by atoms with E-state index in [0.717, 1.165) is 24.5 Å². The molecule has 3 heterocycles. The molecule has 0 radical (unpaired) electrons. The molecule has 0 bridgehead atoms. The molecule has 0 amide bonds. The summed E-state index contributed by atoms with van der Waals surface area (Å²) in [6.07, 6.45) is 2.11. The Kier molecular flexibility index (Phi) is 5.84. The van der Waals surface area contributed by atoms with Gasteiger partial charge >= 0.3 is 0 Å². The van der Waals surface area contributed by atoms with Crippen LogP contribution in [0.25, 0.3) is 5.69 Å². The van der Waals surface area contributed by atoms with E-state index < -0.39 is 0 Å². The van der Waals surface area contributed by atoms with E-state index in [1.165, 1.54) is 4.68 Å². The van der Waals surface area contributed by atoms with Gasteiger partial charge in [0.15, 0.2) is 0 Å². The summed E-state index contributed by atoms with van der Waals surface area (Å²) in [5.74, 6) is 1.40. The summed E-state index contributed by atoms with van der Waals surface area (Å²) in [5.41, 5.74) is 1.65. The van der Waals surface area contributed by atoms with Crippen molar-refractivity contribution in [3.05, 3.63) is 52.1 Å². The predicted octanol–water partition coefficient (Wildman–Crippen LogP) is 3.59. The minimum atomic E-state index is 0.152. The van der Waals surface area contributed by atoms with Crippen molar-refractivity contribution in [3.63, 3.8) is 0 Å². The molecule has 1 N–H and O–H groups in total. The van der Waals surface area contributed by atoms with Crippen molar-refractivity contribution in [2.24, 2.45) is 0 Å². The fraction of sp³-hybridized carbons (Fsp3) is 0.368. The zero-order chi connectivity index (χ0) is 20.4. The van der Waals surface area contributed by atoms with Crippen LogP contribution in [0.1, 0.15) is 19.4 Å². The van der Waals surface area contributed by atoms with Crippen molar-refractivity contribution < 1.29 is 4.74 Å². The van der Waals surface area contributed by atoms with Crippen molar-refractivity contribution >= 4 is 35.0 Å². The van der Waals surface area contributed by atoms with Gasteiger partial charge in [0.1, 0.15) is 5.82 Å². The van der Waals surface area contributed by atoms with E-state index in [0.29, 0.717) is 28.2 Å². The molecule has 2 unspecified atom stereocenters. The first kappa shape index (κ1) is 19.9. The number of nitrogens with zero attached hydrogens (tertiary/aromatic N) is 6. The van der Waals surface area contributed by atoms with Gasteiger partial charge in [-0.05, 0) is 42.5 Å². The molecule has 4 rings (SSSR count). The van der Waals surface area contributed by atoms with Gasteiger partial charge in [0.25, 0.3) is 0 Å². The van der Waals surface area contributed by atoms with Crippen LogP contribution in [0.3, 0.4) is 0 Å². The van der Waals surface area contributed by atoms with Gasteiger partial charge < -0.3 is 15.0 Å². The summed E-state index contributed by atoms with van der Waals surface area (Å²) in [6.45, 7) is 6.25. The zero-order valence-corrected chi connectivity index (χ0v) is 17.6. The van der Waals surface area contributed by atoms with Gasteiger partial charge in [-0.1, -0.05) is 40.4 Å². The fourth-order valence-electron chi connectivity index (χ4n) is 3.49. The highest BCUT2D eigenvalue weighted by atomic mass is 35.5. The van der Waals surface area contributed by atoms with Gasteiger partial charge in [-0.25, -0.2) is 4.98 Å². The number of aromatic nitrogens is 5. The lowest BCUT2D eigenvalue weighted by atomic mass is 10.2. The summed E-state index contributed by atoms with van der Waals surface area (Å²) >= 11 is 12.5. The molecule has 1 aliphatic rings. The largest absolute Gasteiger partial charge is 0.372 e.